The van der Waals surface area contributed by atoms with Crippen LogP contribution in [-0.2, 0) is 6.67 Å². The SMILES string of the molecule is S=c1n(C[NH+]2CCC[C@H](c3nc4ccccc4s3)C2)nc(C2CC2)n1C1CC1. The predicted octanol–water partition coefficient (Wildman–Crippen LogP) is 3.66. The fourth-order valence-electron chi connectivity index (χ4n) is 4.62. The molecule has 1 N–H and O–H groups in total. The van der Waals surface area contributed by atoms with Crippen molar-refractivity contribution in [2.75, 3.05) is 13.1 Å². The Morgan fingerprint density at radius 3 is 2.75 bits per heavy atom. The van der Waals surface area contributed by atoms with Gasteiger partial charge in [0.25, 0.3) is 0 Å². The van der Waals surface area contributed by atoms with Crippen molar-refractivity contribution in [2.45, 2.75) is 63.1 Å². The lowest BCUT2D eigenvalue weighted by molar-refractivity contribution is -0.929. The first-order valence-electron chi connectivity index (χ1n) is 10.6. The Balaban J connectivity index is 1.23. The van der Waals surface area contributed by atoms with E-state index in [0.29, 0.717) is 17.9 Å². The van der Waals surface area contributed by atoms with Crippen molar-refractivity contribution in [3.05, 3.63) is 39.9 Å². The lowest BCUT2D eigenvalue weighted by Gasteiger charge is -2.28. The van der Waals surface area contributed by atoms with Crippen LogP contribution >= 0.6 is 23.6 Å². The molecule has 3 aromatic rings. The van der Waals surface area contributed by atoms with Gasteiger partial charge in [-0.3, -0.25) is 0 Å². The van der Waals surface area contributed by atoms with Gasteiger partial charge in [0.2, 0.25) is 4.77 Å². The van der Waals surface area contributed by atoms with Gasteiger partial charge in [-0.2, -0.15) is 9.78 Å². The van der Waals surface area contributed by atoms with Gasteiger partial charge in [0, 0.05) is 12.0 Å². The van der Waals surface area contributed by atoms with E-state index in [2.05, 4.69) is 33.5 Å². The number of para-hydroxylation sites is 1. The molecule has 3 heterocycles. The monoisotopic (exact) mass is 412 g/mol. The minimum atomic E-state index is 0.559. The quantitative estimate of drug-likeness (QED) is 0.650. The number of rotatable bonds is 5. The third-order valence-corrected chi connectivity index (χ3v) is 8.01. The molecule has 1 saturated heterocycles. The number of aromatic nitrogens is 4. The van der Waals surface area contributed by atoms with Gasteiger partial charge in [-0.1, -0.05) is 12.1 Å². The average molecular weight is 413 g/mol. The molecule has 7 heteroatoms. The van der Waals surface area contributed by atoms with Crippen molar-refractivity contribution in [3.8, 4) is 0 Å². The molecule has 28 heavy (non-hydrogen) atoms. The fourth-order valence-corrected chi connectivity index (χ4v) is 6.07. The van der Waals surface area contributed by atoms with Crippen LogP contribution in [0, 0.1) is 4.77 Å². The molecule has 2 atom stereocenters. The Bertz CT molecular complexity index is 1040. The van der Waals surface area contributed by atoms with Crippen molar-refractivity contribution in [3.63, 3.8) is 0 Å². The molecule has 1 aromatic carbocycles. The zero-order chi connectivity index (χ0) is 18.7. The number of quaternary nitrogens is 1. The second-order valence-corrected chi connectivity index (χ2v) is 10.2. The second kappa shape index (κ2) is 6.75. The number of hydrogen-bond acceptors (Lipinski definition) is 4. The van der Waals surface area contributed by atoms with Crippen molar-refractivity contribution < 1.29 is 4.90 Å². The molecular weight excluding hydrogens is 386 g/mol. The van der Waals surface area contributed by atoms with Crippen LogP contribution < -0.4 is 4.90 Å². The molecule has 2 aliphatic carbocycles. The minimum Gasteiger partial charge on any atom is -0.316 e. The largest absolute Gasteiger partial charge is 0.316 e. The smallest absolute Gasteiger partial charge is 0.203 e. The van der Waals surface area contributed by atoms with Crippen LogP contribution in [0.5, 0.6) is 0 Å². The van der Waals surface area contributed by atoms with Gasteiger partial charge in [-0.25, -0.2) is 4.98 Å². The van der Waals surface area contributed by atoms with Crippen molar-refractivity contribution in [2.24, 2.45) is 0 Å². The lowest BCUT2D eigenvalue weighted by atomic mass is 9.99. The molecule has 0 bridgehead atoms. The van der Waals surface area contributed by atoms with E-state index in [0.717, 1.165) is 23.5 Å². The van der Waals surface area contributed by atoms with Gasteiger partial charge in [0.15, 0.2) is 6.67 Å². The maximum absolute atomic E-state index is 5.85. The van der Waals surface area contributed by atoms with E-state index in [1.54, 1.807) is 4.90 Å². The summed E-state index contributed by atoms with van der Waals surface area (Å²) in [5.41, 5.74) is 1.15. The predicted molar refractivity (Wildman–Crippen MR) is 114 cm³/mol. The average Bonchev–Trinajstić information content (AvgIpc) is 3.64. The molecule has 0 amide bonds. The molecule has 2 aromatic heterocycles. The van der Waals surface area contributed by atoms with Crippen molar-refractivity contribution in [1.82, 2.24) is 19.3 Å². The number of piperidine rings is 1. The van der Waals surface area contributed by atoms with E-state index < -0.39 is 0 Å². The summed E-state index contributed by atoms with van der Waals surface area (Å²) in [4.78, 5) is 6.53. The molecule has 2 saturated carbocycles. The van der Waals surface area contributed by atoms with E-state index in [1.807, 2.05) is 11.3 Å². The highest BCUT2D eigenvalue weighted by atomic mass is 32.1. The van der Waals surface area contributed by atoms with Crippen LogP contribution in [-0.4, -0.2) is 32.4 Å². The summed E-state index contributed by atoms with van der Waals surface area (Å²) in [5, 5.41) is 6.31. The van der Waals surface area contributed by atoms with E-state index >= 15 is 0 Å². The maximum Gasteiger partial charge on any atom is 0.203 e. The van der Waals surface area contributed by atoms with Gasteiger partial charge >= 0.3 is 0 Å². The summed E-state index contributed by atoms with van der Waals surface area (Å²) in [5.74, 6) is 2.49. The summed E-state index contributed by atoms with van der Waals surface area (Å²) >= 11 is 7.73. The summed E-state index contributed by atoms with van der Waals surface area (Å²) in [6, 6.07) is 9.14. The van der Waals surface area contributed by atoms with Crippen molar-refractivity contribution in [1.29, 1.82) is 0 Å². The Morgan fingerprint density at radius 1 is 1.11 bits per heavy atom. The van der Waals surface area contributed by atoms with Crippen LogP contribution in [0.4, 0.5) is 0 Å². The Morgan fingerprint density at radius 2 is 1.96 bits per heavy atom. The number of likely N-dealkylation sites (tertiary alicyclic amines) is 1. The first-order valence-corrected chi connectivity index (χ1v) is 11.9. The standard InChI is InChI=1S/C21H25N5S2/c27-21-25(23-19(14-7-8-14)26(21)16-9-10-16)13-24-11-3-4-15(12-24)20-22-17-5-1-2-6-18(17)28-20/h1-2,5-6,14-16H,3-4,7-13H2/p+1/t15-/m0/s1. The van der Waals surface area contributed by atoms with Crippen LogP contribution in [0.3, 0.4) is 0 Å². The molecule has 5 nitrogen and oxygen atoms in total. The van der Waals surface area contributed by atoms with Crippen LogP contribution in [0.15, 0.2) is 24.3 Å². The van der Waals surface area contributed by atoms with Gasteiger partial charge in [0.05, 0.1) is 29.2 Å². The molecule has 1 aliphatic heterocycles. The van der Waals surface area contributed by atoms with E-state index in [1.165, 1.54) is 60.6 Å². The number of fused-ring (bicyclic) bond motifs is 1. The molecule has 6 rings (SSSR count). The van der Waals surface area contributed by atoms with Gasteiger partial charge in [-0.05, 0) is 62.9 Å². The Hall–Kier alpha value is -1.57. The first kappa shape index (κ1) is 17.3. The zero-order valence-corrected chi connectivity index (χ0v) is 17.6. The van der Waals surface area contributed by atoms with Gasteiger partial charge < -0.3 is 9.47 Å². The molecular formula is C21H26N5S2+. The molecule has 3 fully saturated rings. The lowest BCUT2D eigenvalue weighted by Crippen LogP contribution is -3.12. The van der Waals surface area contributed by atoms with Gasteiger partial charge in [-0.15, -0.1) is 11.3 Å². The number of thiazole rings is 1. The molecule has 0 radical (unpaired) electrons. The number of nitrogens with one attached hydrogen (secondary N) is 1. The second-order valence-electron chi connectivity index (χ2n) is 8.74. The molecule has 0 spiro atoms. The van der Waals surface area contributed by atoms with Crippen LogP contribution in [0.2, 0.25) is 0 Å². The van der Waals surface area contributed by atoms with Crippen LogP contribution in [0.1, 0.15) is 67.2 Å². The van der Waals surface area contributed by atoms with Crippen molar-refractivity contribution >= 4 is 33.8 Å². The van der Waals surface area contributed by atoms with E-state index in [-0.39, 0.29) is 0 Å². The van der Waals surface area contributed by atoms with Gasteiger partial charge in [0.1, 0.15) is 10.8 Å². The van der Waals surface area contributed by atoms with E-state index in [9.17, 15) is 0 Å². The molecule has 3 aliphatic rings. The summed E-state index contributed by atoms with van der Waals surface area (Å²) < 4.78 is 6.79. The fraction of sp³-hybridized carbons (Fsp3) is 0.571. The summed E-state index contributed by atoms with van der Waals surface area (Å²) in [7, 11) is 0. The molecule has 1 unspecified atom stereocenters. The zero-order valence-electron chi connectivity index (χ0n) is 16.0. The topological polar surface area (TPSA) is 40.1 Å². The maximum atomic E-state index is 5.85. The normalized spacial score (nSPS) is 25.4. The molecule has 146 valence electrons. The summed E-state index contributed by atoms with van der Waals surface area (Å²) in [6.07, 6.45) is 7.62. The Labute approximate surface area is 174 Å². The highest BCUT2D eigenvalue weighted by molar-refractivity contribution is 7.71. The third-order valence-electron chi connectivity index (χ3n) is 6.40. The first-order chi connectivity index (χ1) is 13.8. The minimum absolute atomic E-state index is 0.559. The Kier molecular flexibility index (Phi) is 4.17. The van der Waals surface area contributed by atoms with E-state index in [4.69, 9.17) is 22.3 Å². The highest BCUT2D eigenvalue weighted by Gasteiger charge is 2.36. The highest BCUT2D eigenvalue weighted by Crippen LogP contribution is 2.44. The number of nitrogens with zero attached hydrogens (tertiary/aromatic N) is 4. The number of hydrogen-bond donors (Lipinski definition) is 1. The summed E-state index contributed by atoms with van der Waals surface area (Å²) in [6.45, 7) is 3.24. The number of benzene rings is 1. The van der Waals surface area contributed by atoms with Crippen LogP contribution in [0.25, 0.3) is 10.2 Å². The third kappa shape index (κ3) is 3.13.